The van der Waals surface area contributed by atoms with E-state index in [1.807, 2.05) is 37.2 Å². The van der Waals surface area contributed by atoms with Crippen molar-refractivity contribution in [3.05, 3.63) is 42.2 Å². The molecule has 0 saturated heterocycles. The second-order valence-electron chi connectivity index (χ2n) is 3.70. The van der Waals surface area contributed by atoms with E-state index in [4.69, 9.17) is 0 Å². The van der Waals surface area contributed by atoms with Gasteiger partial charge in [0.05, 0.1) is 17.9 Å². The van der Waals surface area contributed by atoms with Crippen molar-refractivity contribution in [1.82, 2.24) is 25.1 Å². The normalized spacial score (nSPS) is 12.6. The van der Waals surface area contributed by atoms with Gasteiger partial charge in [-0.2, -0.15) is 5.10 Å². The van der Waals surface area contributed by atoms with Crippen molar-refractivity contribution in [2.45, 2.75) is 12.5 Å². The molecule has 1 atom stereocenters. The zero-order valence-corrected chi connectivity index (χ0v) is 9.46. The monoisotopic (exact) mass is 217 g/mol. The number of aromatic nitrogens is 4. The van der Waals surface area contributed by atoms with Gasteiger partial charge in [0.25, 0.3) is 0 Å². The van der Waals surface area contributed by atoms with Crippen LogP contribution in [0.5, 0.6) is 0 Å². The van der Waals surface area contributed by atoms with Crippen LogP contribution in [0.3, 0.4) is 0 Å². The van der Waals surface area contributed by atoms with Crippen molar-refractivity contribution in [2.24, 2.45) is 7.05 Å². The van der Waals surface area contributed by atoms with Crippen LogP contribution >= 0.6 is 0 Å². The summed E-state index contributed by atoms with van der Waals surface area (Å²) in [6, 6.07) is 2.13. The van der Waals surface area contributed by atoms with Gasteiger partial charge in [-0.3, -0.25) is 4.68 Å². The molecule has 0 bridgehead atoms. The van der Waals surface area contributed by atoms with E-state index in [0.717, 1.165) is 12.1 Å². The van der Waals surface area contributed by atoms with E-state index in [2.05, 4.69) is 20.4 Å². The van der Waals surface area contributed by atoms with Crippen LogP contribution in [0.4, 0.5) is 0 Å². The lowest BCUT2D eigenvalue weighted by Gasteiger charge is -2.13. The van der Waals surface area contributed by atoms with Gasteiger partial charge in [-0.1, -0.05) is 0 Å². The summed E-state index contributed by atoms with van der Waals surface area (Å²) in [4.78, 5) is 8.17. The topological polar surface area (TPSA) is 55.6 Å². The minimum atomic E-state index is 0.201. The highest BCUT2D eigenvalue weighted by atomic mass is 15.2. The average molecular weight is 217 g/mol. The predicted molar refractivity (Wildman–Crippen MR) is 60.7 cm³/mol. The van der Waals surface area contributed by atoms with Gasteiger partial charge in [0.1, 0.15) is 6.33 Å². The maximum atomic E-state index is 4.25. The molecule has 0 aliphatic heterocycles. The van der Waals surface area contributed by atoms with E-state index in [9.17, 15) is 0 Å². The highest BCUT2D eigenvalue weighted by Gasteiger charge is 2.11. The number of hydrogen-bond donors (Lipinski definition) is 1. The van der Waals surface area contributed by atoms with Crippen LogP contribution in [0.15, 0.2) is 31.0 Å². The first-order valence-corrected chi connectivity index (χ1v) is 5.20. The SMILES string of the molecule is CNC(Cc1cnn(C)c1)c1ccncn1. The van der Waals surface area contributed by atoms with Gasteiger partial charge in [0.15, 0.2) is 0 Å². The first-order chi connectivity index (χ1) is 7.79. The van der Waals surface area contributed by atoms with Crippen molar-refractivity contribution in [1.29, 1.82) is 0 Å². The van der Waals surface area contributed by atoms with Gasteiger partial charge < -0.3 is 5.32 Å². The Morgan fingerprint density at radius 1 is 1.50 bits per heavy atom. The van der Waals surface area contributed by atoms with Crippen LogP contribution < -0.4 is 5.32 Å². The third kappa shape index (κ3) is 2.43. The Morgan fingerprint density at radius 2 is 2.38 bits per heavy atom. The van der Waals surface area contributed by atoms with E-state index in [0.29, 0.717) is 0 Å². The quantitative estimate of drug-likeness (QED) is 0.819. The summed E-state index contributed by atoms with van der Waals surface area (Å²) in [7, 11) is 3.85. The molecule has 0 aliphatic carbocycles. The Hall–Kier alpha value is -1.75. The lowest BCUT2D eigenvalue weighted by molar-refractivity contribution is 0.574. The molecular formula is C11H15N5. The van der Waals surface area contributed by atoms with Gasteiger partial charge in [0.2, 0.25) is 0 Å². The fourth-order valence-electron chi connectivity index (χ4n) is 1.67. The predicted octanol–water partition coefficient (Wildman–Crippen LogP) is 0.713. The Balaban J connectivity index is 2.12. The molecule has 0 radical (unpaired) electrons. The molecule has 0 fully saturated rings. The number of hydrogen-bond acceptors (Lipinski definition) is 4. The van der Waals surface area contributed by atoms with E-state index in [1.54, 1.807) is 12.5 Å². The molecule has 2 heterocycles. The van der Waals surface area contributed by atoms with Gasteiger partial charge in [0, 0.05) is 19.4 Å². The van der Waals surface area contributed by atoms with Crippen molar-refractivity contribution in [3.8, 4) is 0 Å². The van der Waals surface area contributed by atoms with Crippen LogP contribution in [-0.4, -0.2) is 26.8 Å². The number of likely N-dealkylation sites (N-methyl/N-ethyl adjacent to an activating group) is 1. The van der Waals surface area contributed by atoms with Crippen LogP contribution in [0, 0.1) is 0 Å². The average Bonchev–Trinajstić information content (AvgIpc) is 2.73. The van der Waals surface area contributed by atoms with Crippen LogP contribution in [0.2, 0.25) is 0 Å². The summed E-state index contributed by atoms with van der Waals surface area (Å²) in [5.41, 5.74) is 2.20. The summed E-state index contributed by atoms with van der Waals surface area (Å²) < 4.78 is 1.81. The molecule has 5 heteroatoms. The van der Waals surface area contributed by atoms with Crippen molar-refractivity contribution < 1.29 is 0 Å². The Morgan fingerprint density at radius 3 is 2.94 bits per heavy atom. The van der Waals surface area contributed by atoms with E-state index >= 15 is 0 Å². The zero-order valence-electron chi connectivity index (χ0n) is 9.46. The highest BCUT2D eigenvalue weighted by molar-refractivity contribution is 5.12. The van der Waals surface area contributed by atoms with Crippen LogP contribution in [-0.2, 0) is 13.5 Å². The molecule has 16 heavy (non-hydrogen) atoms. The standard InChI is InChI=1S/C11H15N5/c1-12-11(10-3-4-13-8-14-10)5-9-6-15-16(2)7-9/h3-4,6-8,11-12H,5H2,1-2H3. The number of nitrogens with zero attached hydrogens (tertiary/aromatic N) is 4. The smallest absolute Gasteiger partial charge is 0.115 e. The second kappa shape index (κ2) is 4.85. The van der Waals surface area contributed by atoms with Crippen molar-refractivity contribution in [3.63, 3.8) is 0 Å². The molecule has 0 aliphatic rings. The maximum absolute atomic E-state index is 4.25. The number of nitrogens with one attached hydrogen (secondary N) is 1. The molecule has 84 valence electrons. The molecule has 0 amide bonds. The van der Waals surface area contributed by atoms with Crippen LogP contribution in [0.25, 0.3) is 0 Å². The van der Waals surface area contributed by atoms with Crippen LogP contribution in [0.1, 0.15) is 17.3 Å². The van der Waals surface area contributed by atoms with Crippen molar-refractivity contribution >= 4 is 0 Å². The molecular weight excluding hydrogens is 202 g/mol. The molecule has 1 unspecified atom stereocenters. The second-order valence-corrected chi connectivity index (χ2v) is 3.70. The number of aryl methyl sites for hydroxylation is 1. The van der Waals surface area contributed by atoms with Gasteiger partial charge in [-0.15, -0.1) is 0 Å². The summed E-state index contributed by atoms with van der Waals surface area (Å²) >= 11 is 0. The summed E-state index contributed by atoms with van der Waals surface area (Å²) in [6.45, 7) is 0. The van der Waals surface area contributed by atoms with Gasteiger partial charge in [-0.25, -0.2) is 9.97 Å². The maximum Gasteiger partial charge on any atom is 0.115 e. The fraction of sp³-hybridized carbons (Fsp3) is 0.364. The Kier molecular flexibility index (Phi) is 3.26. The molecule has 2 aromatic rings. The van der Waals surface area contributed by atoms with E-state index in [1.165, 1.54) is 5.56 Å². The minimum Gasteiger partial charge on any atom is -0.311 e. The summed E-state index contributed by atoms with van der Waals surface area (Å²) in [5, 5.41) is 7.40. The van der Waals surface area contributed by atoms with Gasteiger partial charge >= 0.3 is 0 Å². The summed E-state index contributed by atoms with van der Waals surface area (Å²) in [5.74, 6) is 0. The molecule has 2 rings (SSSR count). The third-order valence-corrected chi connectivity index (χ3v) is 2.51. The van der Waals surface area contributed by atoms with Gasteiger partial charge in [-0.05, 0) is 25.1 Å². The third-order valence-electron chi connectivity index (χ3n) is 2.51. The highest BCUT2D eigenvalue weighted by Crippen LogP contribution is 2.14. The molecule has 5 nitrogen and oxygen atoms in total. The molecule has 2 aromatic heterocycles. The largest absolute Gasteiger partial charge is 0.311 e. The molecule has 0 saturated carbocycles. The molecule has 0 aromatic carbocycles. The minimum absolute atomic E-state index is 0.201. The van der Waals surface area contributed by atoms with E-state index in [-0.39, 0.29) is 6.04 Å². The zero-order chi connectivity index (χ0) is 11.4. The molecule has 1 N–H and O–H groups in total. The lowest BCUT2D eigenvalue weighted by atomic mass is 10.1. The van der Waals surface area contributed by atoms with E-state index < -0.39 is 0 Å². The Labute approximate surface area is 94.5 Å². The Bertz CT molecular complexity index is 437. The first-order valence-electron chi connectivity index (χ1n) is 5.20. The first kappa shape index (κ1) is 10.8. The summed E-state index contributed by atoms with van der Waals surface area (Å²) in [6.07, 6.45) is 8.11. The van der Waals surface area contributed by atoms with Crippen molar-refractivity contribution in [2.75, 3.05) is 7.05 Å². The fourth-order valence-corrected chi connectivity index (χ4v) is 1.67. The number of rotatable bonds is 4. The molecule has 0 spiro atoms. The lowest BCUT2D eigenvalue weighted by Crippen LogP contribution is -2.19.